The third-order valence-corrected chi connectivity index (χ3v) is 4.04. The molecule has 0 spiro atoms. The fourth-order valence-electron chi connectivity index (χ4n) is 2.90. The van der Waals surface area contributed by atoms with Gasteiger partial charge in [-0.3, -0.25) is 4.79 Å². The van der Waals surface area contributed by atoms with Gasteiger partial charge in [-0.25, -0.2) is 0 Å². The van der Waals surface area contributed by atoms with Crippen molar-refractivity contribution in [1.29, 1.82) is 0 Å². The lowest BCUT2D eigenvalue weighted by molar-refractivity contribution is -0.114. The maximum atomic E-state index is 11.2. The molecule has 0 aromatic heterocycles. The maximum absolute atomic E-state index is 11.2. The number of likely N-dealkylation sites (tertiary alicyclic amines) is 1. The van der Waals surface area contributed by atoms with Crippen LogP contribution in [0.25, 0.3) is 0 Å². The van der Waals surface area contributed by atoms with Crippen molar-refractivity contribution in [2.75, 3.05) is 30.3 Å². The Kier molecular flexibility index (Phi) is 5.62. The number of amides is 1. The Morgan fingerprint density at radius 2 is 2.05 bits per heavy atom. The van der Waals surface area contributed by atoms with Gasteiger partial charge in [0.2, 0.25) is 5.91 Å². The third-order valence-electron chi connectivity index (χ3n) is 4.04. The van der Waals surface area contributed by atoms with Gasteiger partial charge >= 0.3 is 0 Å². The summed E-state index contributed by atoms with van der Waals surface area (Å²) in [6.45, 7) is 9.44. The topological polar surface area (TPSA) is 44.4 Å². The summed E-state index contributed by atoms with van der Waals surface area (Å²) in [5.41, 5.74) is 3.22. The van der Waals surface area contributed by atoms with Crippen LogP contribution in [0.1, 0.15) is 38.7 Å². The van der Waals surface area contributed by atoms with E-state index in [1.165, 1.54) is 51.4 Å². The van der Waals surface area contributed by atoms with E-state index in [0.29, 0.717) is 6.04 Å². The number of carbonyl (C=O) groups excluding carboxylic acids is 1. The second-order valence-electron chi connectivity index (χ2n) is 5.97. The number of aryl methyl sites for hydroxylation is 1. The van der Waals surface area contributed by atoms with Gasteiger partial charge < -0.3 is 15.5 Å². The molecule has 1 aliphatic rings. The third kappa shape index (κ3) is 4.74. The quantitative estimate of drug-likeness (QED) is 0.874. The Bertz CT molecular complexity index is 479. The molecule has 2 rings (SSSR count). The zero-order valence-electron chi connectivity index (χ0n) is 13.4. The minimum atomic E-state index is -0.0299. The molecule has 1 aromatic rings. The SMILES string of the molecule is CCCN1CCC(Nc2cc(NC(C)=O)ccc2C)CC1. The van der Waals surface area contributed by atoms with E-state index in [2.05, 4.69) is 35.4 Å². The first-order chi connectivity index (χ1) is 10.1. The number of benzene rings is 1. The summed E-state index contributed by atoms with van der Waals surface area (Å²) >= 11 is 0. The van der Waals surface area contributed by atoms with E-state index in [4.69, 9.17) is 0 Å². The molecule has 21 heavy (non-hydrogen) atoms. The highest BCUT2D eigenvalue weighted by Gasteiger charge is 2.18. The largest absolute Gasteiger partial charge is 0.382 e. The standard InChI is InChI=1S/C17H27N3O/c1-4-9-20-10-7-15(8-11-20)19-17-12-16(18-14(3)21)6-5-13(17)2/h5-6,12,15,19H,4,7-11H2,1-3H3,(H,18,21). The number of carbonyl (C=O) groups is 1. The summed E-state index contributed by atoms with van der Waals surface area (Å²) in [5, 5.41) is 6.49. The predicted octanol–water partition coefficient (Wildman–Crippen LogP) is 3.24. The highest BCUT2D eigenvalue weighted by Crippen LogP contribution is 2.23. The van der Waals surface area contributed by atoms with Crippen molar-refractivity contribution in [1.82, 2.24) is 4.90 Å². The Morgan fingerprint density at radius 1 is 1.33 bits per heavy atom. The van der Waals surface area contributed by atoms with Gasteiger partial charge in [0.1, 0.15) is 0 Å². The monoisotopic (exact) mass is 289 g/mol. The van der Waals surface area contributed by atoms with Gasteiger partial charge in [0.25, 0.3) is 0 Å². The molecule has 1 amide bonds. The molecular formula is C17H27N3O. The summed E-state index contributed by atoms with van der Waals surface area (Å²) < 4.78 is 0. The lowest BCUT2D eigenvalue weighted by atomic mass is 10.0. The van der Waals surface area contributed by atoms with Crippen LogP contribution in [-0.4, -0.2) is 36.5 Å². The number of hydrogen-bond donors (Lipinski definition) is 2. The molecule has 0 bridgehead atoms. The van der Waals surface area contributed by atoms with Crippen LogP contribution >= 0.6 is 0 Å². The number of piperidine rings is 1. The van der Waals surface area contributed by atoms with E-state index < -0.39 is 0 Å². The van der Waals surface area contributed by atoms with Crippen LogP contribution in [0, 0.1) is 6.92 Å². The van der Waals surface area contributed by atoms with E-state index in [1.54, 1.807) is 0 Å². The second-order valence-corrected chi connectivity index (χ2v) is 5.97. The average molecular weight is 289 g/mol. The van der Waals surface area contributed by atoms with E-state index >= 15 is 0 Å². The molecule has 4 nitrogen and oxygen atoms in total. The summed E-state index contributed by atoms with van der Waals surface area (Å²) in [4.78, 5) is 13.7. The molecule has 1 saturated heterocycles. The van der Waals surface area contributed by atoms with Gasteiger partial charge in [-0.05, 0) is 50.4 Å². The Labute approximate surface area is 127 Å². The van der Waals surface area contributed by atoms with Crippen molar-refractivity contribution in [2.45, 2.75) is 46.1 Å². The molecule has 1 fully saturated rings. The molecular weight excluding hydrogens is 262 g/mol. The normalized spacial score (nSPS) is 16.7. The van der Waals surface area contributed by atoms with Crippen LogP contribution in [0.4, 0.5) is 11.4 Å². The first-order valence-corrected chi connectivity index (χ1v) is 7.95. The van der Waals surface area contributed by atoms with Crippen LogP contribution in [-0.2, 0) is 4.79 Å². The van der Waals surface area contributed by atoms with E-state index in [1.807, 2.05) is 12.1 Å². The zero-order valence-corrected chi connectivity index (χ0v) is 13.4. The molecule has 0 radical (unpaired) electrons. The van der Waals surface area contributed by atoms with Gasteiger partial charge in [0.15, 0.2) is 0 Å². The number of nitrogens with zero attached hydrogens (tertiary/aromatic N) is 1. The van der Waals surface area contributed by atoms with E-state index in [9.17, 15) is 4.79 Å². The van der Waals surface area contributed by atoms with Crippen molar-refractivity contribution in [3.05, 3.63) is 23.8 Å². The van der Waals surface area contributed by atoms with Crippen LogP contribution in [0.2, 0.25) is 0 Å². The molecule has 1 heterocycles. The van der Waals surface area contributed by atoms with E-state index in [0.717, 1.165) is 11.4 Å². The molecule has 4 heteroatoms. The predicted molar refractivity (Wildman–Crippen MR) is 88.9 cm³/mol. The van der Waals surface area contributed by atoms with Crippen molar-refractivity contribution in [2.24, 2.45) is 0 Å². The first-order valence-electron chi connectivity index (χ1n) is 7.95. The summed E-state index contributed by atoms with van der Waals surface area (Å²) in [5.74, 6) is -0.0299. The lowest BCUT2D eigenvalue weighted by Gasteiger charge is -2.33. The molecule has 0 aliphatic carbocycles. The van der Waals surface area contributed by atoms with Crippen LogP contribution in [0.15, 0.2) is 18.2 Å². The van der Waals surface area contributed by atoms with Crippen molar-refractivity contribution in [3.8, 4) is 0 Å². The van der Waals surface area contributed by atoms with Gasteiger partial charge in [-0.15, -0.1) is 0 Å². The molecule has 1 aliphatic heterocycles. The first kappa shape index (κ1) is 15.8. The molecule has 0 unspecified atom stereocenters. The van der Waals surface area contributed by atoms with Gasteiger partial charge in [-0.1, -0.05) is 13.0 Å². The van der Waals surface area contributed by atoms with Crippen LogP contribution in [0.5, 0.6) is 0 Å². The number of rotatable bonds is 5. The lowest BCUT2D eigenvalue weighted by Crippen LogP contribution is -2.39. The Hall–Kier alpha value is -1.55. The molecule has 0 atom stereocenters. The number of anilines is 2. The Balaban J connectivity index is 1.95. The summed E-state index contributed by atoms with van der Waals surface area (Å²) in [6.07, 6.45) is 3.60. The number of hydrogen-bond acceptors (Lipinski definition) is 3. The maximum Gasteiger partial charge on any atom is 0.221 e. The summed E-state index contributed by atoms with van der Waals surface area (Å²) in [7, 11) is 0. The minimum absolute atomic E-state index is 0.0299. The fraction of sp³-hybridized carbons (Fsp3) is 0.588. The zero-order chi connectivity index (χ0) is 15.2. The highest BCUT2D eigenvalue weighted by atomic mass is 16.1. The molecule has 0 saturated carbocycles. The van der Waals surface area contributed by atoms with Gasteiger partial charge in [-0.2, -0.15) is 0 Å². The van der Waals surface area contributed by atoms with Crippen molar-refractivity contribution in [3.63, 3.8) is 0 Å². The minimum Gasteiger partial charge on any atom is -0.382 e. The average Bonchev–Trinajstić information content (AvgIpc) is 2.44. The molecule has 1 aromatic carbocycles. The smallest absolute Gasteiger partial charge is 0.221 e. The highest BCUT2D eigenvalue weighted by molar-refractivity contribution is 5.89. The van der Waals surface area contributed by atoms with Crippen molar-refractivity contribution < 1.29 is 4.79 Å². The van der Waals surface area contributed by atoms with Crippen LogP contribution in [0.3, 0.4) is 0 Å². The van der Waals surface area contributed by atoms with Gasteiger partial charge in [0.05, 0.1) is 0 Å². The summed E-state index contributed by atoms with van der Waals surface area (Å²) in [6, 6.07) is 6.57. The second kappa shape index (κ2) is 7.46. The fourth-order valence-corrected chi connectivity index (χ4v) is 2.90. The molecule has 116 valence electrons. The van der Waals surface area contributed by atoms with Crippen molar-refractivity contribution >= 4 is 17.3 Å². The molecule has 2 N–H and O–H groups in total. The van der Waals surface area contributed by atoms with Crippen LogP contribution < -0.4 is 10.6 Å². The number of nitrogens with one attached hydrogen (secondary N) is 2. The Morgan fingerprint density at radius 3 is 2.67 bits per heavy atom. The van der Waals surface area contributed by atoms with Gasteiger partial charge in [0, 0.05) is 37.4 Å². The van der Waals surface area contributed by atoms with E-state index in [-0.39, 0.29) is 5.91 Å².